The van der Waals surface area contributed by atoms with Crippen LogP contribution in [0.5, 0.6) is 0 Å². The number of β-lactam (4-membered cyclic amide) rings is 1. The second-order valence-electron chi connectivity index (χ2n) is 5.72. The van der Waals surface area contributed by atoms with Crippen molar-refractivity contribution in [1.82, 2.24) is 34.8 Å². The fourth-order valence-electron chi connectivity index (χ4n) is 2.53. The van der Waals surface area contributed by atoms with Crippen LogP contribution in [0.2, 0.25) is 0 Å². The Bertz CT molecular complexity index is 1100. The van der Waals surface area contributed by atoms with E-state index in [-0.39, 0.29) is 56.2 Å². The van der Waals surface area contributed by atoms with Crippen molar-refractivity contribution in [2.24, 2.45) is 12.2 Å². The second kappa shape index (κ2) is 10.2. The van der Waals surface area contributed by atoms with Crippen LogP contribution in [0.4, 0.5) is 5.13 Å². The molecule has 0 aromatic carbocycles. The number of oxime groups is 1. The molecule has 31 heavy (non-hydrogen) atoms. The first-order chi connectivity index (χ1) is 14.1. The first-order valence-electron chi connectivity index (χ1n) is 7.92. The molecule has 1 fully saturated rings. The van der Waals surface area contributed by atoms with Gasteiger partial charge in [0.2, 0.25) is 5.16 Å². The third kappa shape index (κ3) is 5.51. The average Bonchev–Trinajstić information content (AvgIpc) is 3.27. The van der Waals surface area contributed by atoms with E-state index in [2.05, 4.69) is 35.8 Å². The van der Waals surface area contributed by atoms with Crippen molar-refractivity contribution in [1.29, 1.82) is 0 Å². The number of hydrogen-bond donors (Lipinski definition) is 3. The van der Waals surface area contributed by atoms with E-state index in [9.17, 15) is 22.6 Å². The number of hydrogen-bond acceptors (Lipinski definition) is 13. The Hall–Kier alpha value is -1.83. The van der Waals surface area contributed by atoms with Crippen LogP contribution in [0.3, 0.4) is 0 Å². The number of aryl methyl sites for hydroxylation is 1. The summed E-state index contributed by atoms with van der Waals surface area (Å²) in [6.45, 7) is 0. The minimum absolute atomic E-state index is 0. The third-order valence-electron chi connectivity index (χ3n) is 3.83. The first kappa shape index (κ1) is 25.4. The number of carbonyl (C=O) groups is 2. The molecule has 2 unspecified atom stereocenters. The Labute approximate surface area is 205 Å². The molecule has 164 valence electrons. The van der Waals surface area contributed by atoms with Gasteiger partial charge in [0.1, 0.15) is 18.8 Å². The summed E-state index contributed by atoms with van der Waals surface area (Å²) in [7, 11) is -2.05. The molecule has 2 aromatic rings. The number of rotatable bonds is 8. The number of amides is 2. The maximum atomic E-state index is 12.7. The van der Waals surface area contributed by atoms with E-state index in [1.54, 1.807) is 7.05 Å². The molecule has 0 spiro atoms. The molecule has 1 aliphatic heterocycles. The van der Waals surface area contributed by atoms with Gasteiger partial charge in [0.15, 0.2) is 10.8 Å². The van der Waals surface area contributed by atoms with Gasteiger partial charge in [0.05, 0.1) is 6.04 Å². The number of tetrazole rings is 1. The van der Waals surface area contributed by atoms with Crippen molar-refractivity contribution in [3.63, 3.8) is 0 Å². The SMILES string of the molecule is CO/N=C(\C(=O)NC1C(=O)N(S(=O)(=O)O)C1CSc1nnnn1C)c1csc(N)n1.[NaH]. The first-order valence-corrected chi connectivity index (χ1v) is 11.2. The van der Waals surface area contributed by atoms with Gasteiger partial charge in [0, 0.05) is 18.2 Å². The summed E-state index contributed by atoms with van der Waals surface area (Å²) in [6, 6.07) is -2.35. The van der Waals surface area contributed by atoms with Crippen molar-refractivity contribution >= 4 is 85.6 Å². The van der Waals surface area contributed by atoms with Gasteiger partial charge in [-0.15, -0.1) is 16.4 Å². The molecule has 1 saturated heterocycles. The molecule has 2 aromatic heterocycles. The zero-order chi connectivity index (χ0) is 22.1. The van der Waals surface area contributed by atoms with E-state index < -0.39 is 34.2 Å². The van der Waals surface area contributed by atoms with E-state index in [0.717, 1.165) is 23.1 Å². The summed E-state index contributed by atoms with van der Waals surface area (Å²) in [5.74, 6) is -1.89. The number of aromatic nitrogens is 5. The number of anilines is 1. The minimum atomic E-state index is -4.84. The number of thioether (sulfide) groups is 1. The number of nitrogens with two attached hydrogens (primary N) is 1. The van der Waals surface area contributed by atoms with Crippen molar-refractivity contribution in [3.05, 3.63) is 11.1 Å². The van der Waals surface area contributed by atoms with E-state index >= 15 is 0 Å². The van der Waals surface area contributed by atoms with Gasteiger partial charge >= 0.3 is 39.9 Å². The fourth-order valence-corrected chi connectivity index (χ4v) is 5.03. The normalized spacial score (nSPS) is 18.9. The molecule has 0 radical (unpaired) electrons. The van der Waals surface area contributed by atoms with Gasteiger partial charge in [0.25, 0.3) is 11.8 Å². The zero-order valence-corrected chi connectivity index (χ0v) is 17.8. The Kier molecular flexibility index (Phi) is 8.36. The molecule has 3 rings (SSSR count). The molecule has 0 aliphatic carbocycles. The van der Waals surface area contributed by atoms with E-state index in [4.69, 9.17) is 5.73 Å². The van der Waals surface area contributed by atoms with Crippen molar-refractivity contribution < 1.29 is 27.4 Å². The summed E-state index contributed by atoms with van der Waals surface area (Å²) < 4.78 is 34.1. The Balaban J connectivity index is 0.00000341. The summed E-state index contributed by atoms with van der Waals surface area (Å²) in [5.41, 5.74) is 5.42. The fraction of sp³-hybridized carbons (Fsp3) is 0.417. The van der Waals surface area contributed by atoms with Gasteiger partial charge in [-0.25, -0.2) is 14.0 Å². The number of thiazole rings is 1. The number of nitrogen functional groups attached to an aromatic ring is 1. The molecule has 15 nitrogen and oxygen atoms in total. The summed E-state index contributed by atoms with van der Waals surface area (Å²) in [4.78, 5) is 33.6. The quantitative estimate of drug-likeness (QED) is 0.0839. The molecule has 3 heterocycles. The van der Waals surface area contributed by atoms with E-state index in [1.807, 2.05) is 0 Å². The molecule has 2 atom stereocenters. The predicted molar refractivity (Wildman–Crippen MR) is 111 cm³/mol. The van der Waals surface area contributed by atoms with Crippen LogP contribution < -0.4 is 11.1 Å². The Morgan fingerprint density at radius 1 is 1.52 bits per heavy atom. The maximum absolute atomic E-state index is 12.7. The molecule has 2 amide bonds. The molecule has 1 aliphatic rings. The second-order valence-corrected chi connectivity index (χ2v) is 8.89. The van der Waals surface area contributed by atoms with Crippen LogP contribution in [0.15, 0.2) is 15.7 Å². The van der Waals surface area contributed by atoms with Crippen molar-refractivity contribution in [2.45, 2.75) is 17.2 Å². The van der Waals surface area contributed by atoms with Crippen LogP contribution in [0.25, 0.3) is 0 Å². The van der Waals surface area contributed by atoms with Crippen LogP contribution in [-0.2, 0) is 31.8 Å². The monoisotopic (exact) mass is 501 g/mol. The van der Waals surface area contributed by atoms with Crippen molar-refractivity contribution in [2.75, 3.05) is 18.6 Å². The van der Waals surface area contributed by atoms with Crippen LogP contribution >= 0.6 is 23.1 Å². The number of nitrogens with one attached hydrogen (secondary N) is 1. The van der Waals surface area contributed by atoms with Gasteiger partial charge in [-0.3, -0.25) is 14.1 Å². The van der Waals surface area contributed by atoms with Gasteiger partial charge in [-0.05, 0) is 10.4 Å². The van der Waals surface area contributed by atoms with Gasteiger partial charge < -0.3 is 15.9 Å². The average molecular weight is 502 g/mol. The Morgan fingerprint density at radius 3 is 2.74 bits per heavy atom. The van der Waals surface area contributed by atoms with Gasteiger partial charge in [-0.2, -0.15) is 8.42 Å². The summed E-state index contributed by atoms with van der Waals surface area (Å²) in [5, 5.41) is 18.8. The van der Waals surface area contributed by atoms with Crippen molar-refractivity contribution in [3.8, 4) is 0 Å². The van der Waals surface area contributed by atoms with Crippen LogP contribution in [0.1, 0.15) is 5.69 Å². The third-order valence-corrected chi connectivity index (χ3v) is 6.57. The standard InChI is InChI=1S/C12H15N9O6S3.Na.H/c1-20-12(16-18-19-20)29-4-6-8(10(23)21(6)30(24,25)26)15-9(22)7(17-27-2)5-3-28-11(13)14-5;;/h3,6,8H,4H2,1-2H3,(H2,13,14)(H,15,22)(H,24,25,26);;/b17-7-;;. The number of nitrogens with zero attached hydrogens (tertiary/aromatic N) is 7. The van der Waals surface area contributed by atoms with Gasteiger partial charge in [-0.1, -0.05) is 16.9 Å². The predicted octanol–water partition coefficient (Wildman–Crippen LogP) is -2.76. The molecule has 4 N–H and O–H groups in total. The Morgan fingerprint density at radius 2 is 2.23 bits per heavy atom. The number of carbonyl (C=O) groups excluding carboxylic acids is 2. The summed E-state index contributed by atoms with van der Waals surface area (Å²) in [6.07, 6.45) is 0. The molecule has 0 bridgehead atoms. The zero-order valence-electron chi connectivity index (χ0n) is 15.4. The molecular formula is C12H16N9NaO6S3. The topological polar surface area (TPSA) is 208 Å². The van der Waals surface area contributed by atoms with E-state index in [1.165, 1.54) is 17.2 Å². The van der Waals surface area contributed by atoms with E-state index in [0.29, 0.717) is 5.16 Å². The molecule has 19 heteroatoms. The molecule has 0 saturated carbocycles. The van der Waals surface area contributed by atoms with Crippen LogP contribution in [-0.4, -0.2) is 114 Å². The molecular weight excluding hydrogens is 485 g/mol. The van der Waals surface area contributed by atoms with Crippen LogP contribution in [0, 0.1) is 0 Å². The summed E-state index contributed by atoms with van der Waals surface area (Å²) >= 11 is 2.10.